The maximum absolute atomic E-state index is 12.0. The maximum atomic E-state index is 12.0. The molecule has 0 spiro atoms. The first-order valence-corrected chi connectivity index (χ1v) is 7.65. The normalized spacial score (nSPS) is 10.2. The van der Waals surface area contributed by atoms with Gasteiger partial charge < -0.3 is 10.1 Å². The number of benzene rings is 1. The minimum atomic E-state index is -0.188. The Labute approximate surface area is 140 Å². The third-order valence-corrected chi connectivity index (χ3v) is 3.39. The van der Waals surface area contributed by atoms with Crippen LogP contribution in [-0.4, -0.2) is 22.5 Å². The van der Waals surface area contributed by atoms with Crippen LogP contribution >= 0.6 is 0 Å². The number of anilines is 1. The Balaban J connectivity index is 1.51. The lowest BCUT2D eigenvalue weighted by atomic mass is 10.2. The molecule has 1 amide bonds. The molecule has 0 bridgehead atoms. The van der Waals surface area contributed by atoms with Crippen molar-refractivity contribution in [3.63, 3.8) is 0 Å². The van der Waals surface area contributed by atoms with Gasteiger partial charge in [0, 0.05) is 36.4 Å². The van der Waals surface area contributed by atoms with Gasteiger partial charge in [-0.2, -0.15) is 0 Å². The van der Waals surface area contributed by atoms with Gasteiger partial charge in [-0.15, -0.1) is 0 Å². The number of nitrogens with one attached hydrogen (secondary N) is 1. The fraction of sp³-hybridized carbons (Fsp3) is 0.105. The predicted molar refractivity (Wildman–Crippen MR) is 92.1 cm³/mol. The monoisotopic (exact) mass is 319 g/mol. The summed E-state index contributed by atoms with van der Waals surface area (Å²) in [5.41, 5.74) is 2.23. The third-order valence-electron chi connectivity index (χ3n) is 3.39. The molecule has 0 saturated heterocycles. The number of aromatic nitrogens is 2. The molecular formula is C19H17N3O2. The zero-order valence-electron chi connectivity index (χ0n) is 13.1. The van der Waals surface area contributed by atoms with E-state index in [0.29, 0.717) is 17.9 Å². The second-order valence-electron chi connectivity index (χ2n) is 5.14. The number of hydrogen-bond donors (Lipinski definition) is 1. The highest BCUT2D eigenvalue weighted by Gasteiger charge is 2.05. The van der Waals surface area contributed by atoms with Crippen LogP contribution in [0.3, 0.4) is 0 Å². The summed E-state index contributed by atoms with van der Waals surface area (Å²) < 4.78 is 5.69. The number of nitrogens with zero attached hydrogens (tertiary/aromatic N) is 2. The molecule has 5 nitrogen and oxygen atoms in total. The topological polar surface area (TPSA) is 64.1 Å². The molecule has 0 aliphatic heterocycles. The summed E-state index contributed by atoms with van der Waals surface area (Å²) in [6, 6.07) is 16.6. The van der Waals surface area contributed by atoms with E-state index in [1.807, 2.05) is 42.5 Å². The van der Waals surface area contributed by atoms with Crippen LogP contribution in [0.5, 0.6) is 5.75 Å². The molecule has 0 aliphatic rings. The smallest absolute Gasteiger partial charge is 0.257 e. The fourth-order valence-electron chi connectivity index (χ4n) is 2.15. The molecule has 0 atom stereocenters. The van der Waals surface area contributed by atoms with Gasteiger partial charge >= 0.3 is 0 Å². The predicted octanol–water partition coefficient (Wildman–Crippen LogP) is 3.35. The standard InChI is InChI=1S/C19H17N3O2/c23-19(15-4-3-11-20-14-15)22-17-6-8-18(9-7-17)24-13-10-16-5-1-2-12-21-16/h1-9,11-12,14H,10,13H2,(H,22,23). The molecule has 2 aromatic heterocycles. The first-order valence-electron chi connectivity index (χ1n) is 7.65. The average molecular weight is 319 g/mol. The van der Waals surface area contributed by atoms with Gasteiger partial charge in [-0.05, 0) is 48.5 Å². The van der Waals surface area contributed by atoms with E-state index < -0.39 is 0 Å². The van der Waals surface area contributed by atoms with E-state index in [1.54, 1.807) is 24.5 Å². The molecular weight excluding hydrogens is 302 g/mol. The molecule has 5 heteroatoms. The van der Waals surface area contributed by atoms with E-state index in [1.165, 1.54) is 6.20 Å². The Morgan fingerprint density at radius 3 is 2.58 bits per heavy atom. The molecule has 0 aliphatic carbocycles. The van der Waals surface area contributed by atoms with Crippen molar-refractivity contribution in [2.75, 3.05) is 11.9 Å². The van der Waals surface area contributed by atoms with E-state index in [4.69, 9.17) is 4.74 Å². The molecule has 3 aromatic rings. The molecule has 1 N–H and O–H groups in total. The van der Waals surface area contributed by atoms with Gasteiger partial charge in [-0.3, -0.25) is 14.8 Å². The van der Waals surface area contributed by atoms with Gasteiger partial charge in [-0.25, -0.2) is 0 Å². The molecule has 120 valence electrons. The molecule has 0 unspecified atom stereocenters. The van der Waals surface area contributed by atoms with Crippen LogP contribution in [-0.2, 0) is 6.42 Å². The zero-order chi connectivity index (χ0) is 16.6. The van der Waals surface area contributed by atoms with E-state index in [2.05, 4.69) is 15.3 Å². The summed E-state index contributed by atoms with van der Waals surface area (Å²) in [7, 11) is 0. The Bertz CT molecular complexity index is 775. The SMILES string of the molecule is O=C(Nc1ccc(OCCc2ccccn2)cc1)c1cccnc1. The lowest BCUT2D eigenvalue weighted by Gasteiger charge is -2.08. The molecule has 0 radical (unpaired) electrons. The largest absolute Gasteiger partial charge is 0.493 e. The number of hydrogen-bond acceptors (Lipinski definition) is 4. The fourth-order valence-corrected chi connectivity index (χ4v) is 2.15. The molecule has 0 saturated carbocycles. The van der Waals surface area contributed by atoms with Gasteiger partial charge in [0.25, 0.3) is 5.91 Å². The van der Waals surface area contributed by atoms with Crippen LogP contribution in [0, 0.1) is 0 Å². The van der Waals surface area contributed by atoms with Crippen LogP contribution in [0.25, 0.3) is 0 Å². The summed E-state index contributed by atoms with van der Waals surface area (Å²) in [4.78, 5) is 20.2. The van der Waals surface area contributed by atoms with Gasteiger partial charge in [0.15, 0.2) is 0 Å². The average Bonchev–Trinajstić information content (AvgIpc) is 2.65. The summed E-state index contributed by atoms with van der Waals surface area (Å²) in [6.45, 7) is 0.554. The van der Waals surface area contributed by atoms with Crippen molar-refractivity contribution < 1.29 is 9.53 Å². The Kier molecular flexibility index (Phi) is 5.14. The number of ether oxygens (including phenoxy) is 1. The summed E-state index contributed by atoms with van der Waals surface area (Å²) in [5.74, 6) is 0.567. The number of pyridine rings is 2. The van der Waals surface area contributed by atoms with E-state index in [0.717, 1.165) is 17.9 Å². The van der Waals surface area contributed by atoms with Gasteiger partial charge in [-0.1, -0.05) is 6.07 Å². The molecule has 24 heavy (non-hydrogen) atoms. The number of carbonyl (C=O) groups excluding carboxylic acids is 1. The Hall–Kier alpha value is -3.21. The highest BCUT2D eigenvalue weighted by molar-refractivity contribution is 6.04. The summed E-state index contributed by atoms with van der Waals surface area (Å²) in [5, 5.41) is 2.82. The summed E-state index contributed by atoms with van der Waals surface area (Å²) >= 11 is 0. The Morgan fingerprint density at radius 1 is 1.00 bits per heavy atom. The second-order valence-corrected chi connectivity index (χ2v) is 5.14. The maximum Gasteiger partial charge on any atom is 0.257 e. The van der Waals surface area contributed by atoms with E-state index >= 15 is 0 Å². The molecule has 1 aromatic carbocycles. The number of carbonyl (C=O) groups is 1. The van der Waals surface area contributed by atoms with Gasteiger partial charge in [0.05, 0.1) is 12.2 Å². The first kappa shape index (κ1) is 15.7. The lowest BCUT2D eigenvalue weighted by Crippen LogP contribution is -2.11. The summed E-state index contributed by atoms with van der Waals surface area (Å²) in [6.07, 6.45) is 5.69. The quantitative estimate of drug-likeness (QED) is 0.757. The van der Waals surface area contributed by atoms with E-state index in [9.17, 15) is 4.79 Å². The van der Waals surface area contributed by atoms with Crippen molar-refractivity contribution in [3.8, 4) is 5.75 Å². The van der Waals surface area contributed by atoms with Crippen molar-refractivity contribution in [2.45, 2.75) is 6.42 Å². The zero-order valence-corrected chi connectivity index (χ0v) is 13.1. The highest BCUT2D eigenvalue weighted by Crippen LogP contribution is 2.16. The molecule has 2 heterocycles. The Morgan fingerprint density at radius 2 is 1.88 bits per heavy atom. The van der Waals surface area contributed by atoms with Crippen LogP contribution in [0.1, 0.15) is 16.1 Å². The van der Waals surface area contributed by atoms with Crippen LogP contribution in [0.15, 0.2) is 73.2 Å². The number of amides is 1. The van der Waals surface area contributed by atoms with Crippen molar-refractivity contribution >= 4 is 11.6 Å². The van der Waals surface area contributed by atoms with Crippen molar-refractivity contribution in [1.29, 1.82) is 0 Å². The van der Waals surface area contributed by atoms with Crippen LogP contribution < -0.4 is 10.1 Å². The minimum Gasteiger partial charge on any atom is -0.493 e. The van der Waals surface area contributed by atoms with Crippen LogP contribution in [0.2, 0.25) is 0 Å². The third kappa shape index (κ3) is 4.39. The van der Waals surface area contributed by atoms with Gasteiger partial charge in [0.1, 0.15) is 5.75 Å². The van der Waals surface area contributed by atoms with Crippen molar-refractivity contribution in [1.82, 2.24) is 9.97 Å². The van der Waals surface area contributed by atoms with E-state index in [-0.39, 0.29) is 5.91 Å². The van der Waals surface area contributed by atoms with Gasteiger partial charge in [0.2, 0.25) is 0 Å². The minimum absolute atomic E-state index is 0.188. The molecule has 3 rings (SSSR count). The van der Waals surface area contributed by atoms with Crippen molar-refractivity contribution in [3.05, 3.63) is 84.4 Å². The number of rotatable bonds is 6. The van der Waals surface area contributed by atoms with Crippen molar-refractivity contribution in [2.24, 2.45) is 0 Å². The molecule has 0 fully saturated rings. The highest BCUT2D eigenvalue weighted by atomic mass is 16.5. The lowest BCUT2D eigenvalue weighted by molar-refractivity contribution is 0.102. The first-order chi connectivity index (χ1) is 11.8. The van der Waals surface area contributed by atoms with Crippen LogP contribution in [0.4, 0.5) is 5.69 Å². The second kappa shape index (κ2) is 7.87.